The first-order valence-electron chi connectivity index (χ1n) is 5.08. The van der Waals surface area contributed by atoms with E-state index in [0.29, 0.717) is 0 Å². The monoisotopic (exact) mass is 290 g/mol. The number of anilines is 1. The lowest BCUT2D eigenvalue weighted by Crippen LogP contribution is -2.31. The topological polar surface area (TPSA) is 92.4 Å². The second-order valence-corrected chi connectivity index (χ2v) is 4.62. The molecule has 1 amide bonds. The summed E-state index contributed by atoms with van der Waals surface area (Å²) < 4.78 is 0. The van der Waals surface area contributed by atoms with Gasteiger partial charge in [-0.3, -0.25) is 9.59 Å². The van der Waals surface area contributed by atoms with E-state index in [0.717, 1.165) is 0 Å². The minimum Gasteiger partial charge on any atom is -0.481 e. The predicted octanol–water partition coefficient (Wildman–Crippen LogP) is 2.03. The van der Waals surface area contributed by atoms with Gasteiger partial charge in [0, 0.05) is 12.1 Å². The first-order valence-corrected chi connectivity index (χ1v) is 5.84. The maximum Gasteiger partial charge on any atom is 0.308 e. The zero-order chi connectivity index (χ0) is 13.9. The average Bonchev–Trinajstić information content (AvgIpc) is 2.31. The minimum atomic E-state index is -0.983. The number of carboxylic acid groups (broad SMARTS) is 1. The van der Waals surface area contributed by atoms with Crippen LogP contribution >= 0.6 is 23.2 Å². The molecule has 0 saturated heterocycles. The van der Waals surface area contributed by atoms with Crippen LogP contribution in [0.2, 0.25) is 10.0 Å². The van der Waals surface area contributed by atoms with Gasteiger partial charge >= 0.3 is 5.97 Å². The van der Waals surface area contributed by atoms with Crippen molar-refractivity contribution in [2.24, 2.45) is 5.92 Å². The molecule has 18 heavy (non-hydrogen) atoms. The highest BCUT2D eigenvalue weighted by atomic mass is 35.5. The van der Waals surface area contributed by atoms with E-state index in [1.807, 2.05) is 0 Å². The van der Waals surface area contributed by atoms with Crippen LogP contribution < -0.4 is 11.1 Å². The highest BCUT2D eigenvalue weighted by molar-refractivity contribution is 6.39. The van der Waals surface area contributed by atoms with Gasteiger partial charge in [-0.1, -0.05) is 30.1 Å². The number of carbonyl (C=O) groups is 2. The largest absolute Gasteiger partial charge is 0.481 e. The number of carbonyl (C=O) groups excluding carboxylic acids is 1. The normalized spacial score (nSPS) is 11.9. The fourth-order valence-electron chi connectivity index (χ4n) is 1.15. The highest BCUT2D eigenvalue weighted by Gasteiger charge is 2.15. The van der Waals surface area contributed by atoms with E-state index in [9.17, 15) is 9.59 Å². The lowest BCUT2D eigenvalue weighted by Gasteiger charge is -2.10. The standard InChI is InChI=1S/C11H12Cl2N2O3/c1-5(11(17)18)4-15-10(16)6-2-7(12)9(14)8(13)3-6/h2-3,5H,4,14H2,1H3,(H,15,16)(H,17,18). The molecule has 0 aliphatic heterocycles. The number of benzene rings is 1. The first kappa shape index (κ1) is 14.6. The number of nitrogen functional groups attached to an aromatic ring is 1. The molecule has 1 aromatic carbocycles. The number of hydrogen-bond donors (Lipinski definition) is 3. The molecule has 0 heterocycles. The highest BCUT2D eigenvalue weighted by Crippen LogP contribution is 2.28. The molecule has 0 aliphatic carbocycles. The number of carboxylic acids is 1. The summed E-state index contributed by atoms with van der Waals surface area (Å²) in [5, 5.41) is 11.5. The lowest BCUT2D eigenvalue weighted by atomic mass is 10.1. The number of halogens is 2. The van der Waals surface area contributed by atoms with Gasteiger partial charge in [0.15, 0.2) is 0 Å². The van der Waals surface area contributed by atoms with Gasteiger partial charge in [0.1, 0.15) is 0 Å². The Morgan fingerprint density at radius 3 is 2.33 bits per heavy atom. The molecule has 0 aliphatic rings. The molecule has 1 atom stereocenters. The third-order valence-electron chi connectivity index (χ3n) is 2.33. The molecule has 98 valence electrons. The second-order valence-electron chi connectivity index (χ2n) is 3.80. The number of rotatable bonds is 4. The molecule has 0 aromatic heterocycles. The van der Waals surface area contributed by atoms with Gasteiger partial charge < -0.3 is 16.2 Å². The van der Waals surface area contributed by atoms with Gasteiger partial charge in [-0.25, -0.2) is 0 Å². The SMILES string of the molecule is CC(CNC(=O)c1cc(Cl)c(N)c(Cl)c1)C(=O)O. The van der Waals surface area contributed by atoms with Gasteiger partial charge in [-0.2, -0.15) is 0 Å². The summed E-state index contributed by atoms with van der Waals surface area (Å²) in [5.74, 6) is -2.11. The van der Waals surface area contributed by atoms with E-state index in [1.54, 1.807) is 0 Å². The first-order chi connectivity index (χ1) is 8.32. The van der Waals surface area contributed by atoms with E-state index in [-0.39, 0.29) is 27.8 Å². The molecule has 0 bridgehead atoms. The van der Waals surface area contributed by atoms with Crippen molar-refractivity contribution < 1.29 is 14.7 Å². The summed E-state index contributed by atoms with van der Waals surface area (Å²) in [6, 6.07) is 2.76. The number of aliphatic carboxylic acids is 1. The van der Waals surface area contributed by atoms with Crippen molar-refractivity contribution in [3.63, 3.8) is 0 Å². The Hall–Kier alpha value is -1.46. The van der Waals surface area contributed by atoms with Crippen LogP contribution in [0.15, 0.2) is 12.1 Å². The fourth-order valence-corrected chi connectivity index (χ4v) is 1.64. The Balaban J connectivity index is 2.76. The van der Waals surface area contributed by atoms with Gasteiger partial charge in [-0.05, 0) is 12.1 Å². The van der Waals surface area contributed by atoms with E-state index in [4.69, 9.17) is 34.0 Å². The van der Waals surface area contributed by atoms with Crippen molar-refractivity contribution in [3.8, 4) is 0 Å². The van der Waals surface area contributed by atoms with Gasteiger partial charge in [-0.15, -0.1) is 0 Å². The molecule has 7 heteroatoms. The zero-order valence-electron chi connectivity index (χ0n) is 9.54. The van der Waals surface area contributed by atoms with Crippen LogP contribution in [0.1, 0.15) is 17.3 Å². The molecule has 0 radical (unpaired) electrons. The van der Waals surface area contributed by atoms with Gasteiger partial charge in [0.2, 0.25) is 0 Å². The Bertz CT molecular complexity index is 468. The summed E-state index contributed by atoms with van der Waals surface area (Å²) >= 11 is 11.6. The van der Waals surface area contributed by atoms with Crippen LogP contribution in [-0.4, -0.2) is 23.5 Å². The zero-order valence-corrected chi connectivity index (χ0v) is 11.0. The minimum absolute atomic E-state index is 0.0216. The third kappa shape index (κ3) is 3.51. The summed E-state index contributed by atoms with van der Waals surface area (Å²) in [7, 11) is 0. The number of nitrogens with two attached hydrogens (primary N) is 1. The summed E-state index contributed by atoms with van der Waals surface area (Å²) in [6.07, 6.45) is 0. The molecular weight excluding hydrogens is 279 g/mol. The summed E-state index contributed by atoms with van der Waals surface area (Å²) in [6.45, 7) is 1.51. The van der Waals surface area contributed by atoms with E-state index in [2.05, 4.69) is 5.32 Å². The molecular formula is C11H12Cl2N2O3. The van der Waals surface area contributed by atoms with Crippen LogP contribution in [0.25, 0.3) is 0 Å². The van der Waals surface area contributed by atoms with Crippen molar-refractivity contribution in [1.82, 2.24) is 5.32 Å². The number of nitrogens with one attached hydrogen (secondary N) is 1. The van der Waals surface area contributed by atoms with Gasteiger partial charge in [0.05, 0.1) is 21.7 Å². The van der Waals surface area contributed by atoms with E-state index >= 15 is 0 Å². The number of amides is 1. The third-order valence-corrected chi connectivity index (χ3v) is 2.96. The summed E-state index contributed by atoms with van der Waals surface area (Å²) in [4.78, 5) is 22.3. The van der Waals surface area contributed by atoms with Crippen molar-refractivity contribution in [2.75, 3.05) is 12.3 Å². The molecule has 1 rings (SSSR count). The quantitative estimate of drug-likeness (QED) is 0.740. The van der Waals surface area contributed by atoms with Crippen molar-refractivity contribution in [3.05, 3.63) is 27.7 Å². The average molecular weight is 291 g/mol. The Morgan fingerprint density at radius 1 is 1.39 bits per heavy atom. The fraction of sp³-hybridized carbons (Fsp3) is 0.273. The molecule has 0 spiro atoms. The Labute approximate surface area is 114 Å². The molecule has 0 saturated carbocycles. The Morgan fingerprint density at radius 2 is 1.89 bits per heavy atom. The van der Waals surface area contributed by atoms with Gasteiger partial charge in [0.25, 0.3) is 5.91 Å². The Kier molecular flexibility index (Phi) is 4.81. The van der Waals surface area contributed by atoms with Crippen LogP contribution in [0.4, 0.5) is 5.69 Å². The van der Waals surface area contributed by atoms with Crippen LogP contribution in [0.3, 0.4) is 0 Å². The van der Waals surface area contributed by atoms with Crippen molar-refractivity contribution >= 4 is 40.8 Å². The van der Waals surface area contributed by atoms with E-state index < -0.39 is 17.8 Å². The maximum atomic E-state index is 11.7. The van der Waals surface area contributed by atoms with Crippen LogP contribution in [-0.2, 0) is 4.79 Å². The maximum absolute atomic E-state index is 11.7. The van der Waals surface area contributed by atoms with E-state index in [1.165, 1.54) is 19.1 Å². The summed E-state index contributed by atoms with van der Waals surface area (Å²) in [5.41, 5.74) is 5.98. The molecule has 5 nitrogen and oxygen atoms in total. The smallest absolute Gasteiger partial charge is 0.308 e. The second kappa shape index (κ2) is 5.93. The molecule has 1 unspecified atom stereocenters. The molecule has 4 N–H and O–H groups in total. The van der Waals surface area contributed by atoms with Crippen molar-refractivity contribution in [1.29, 1.82) is 0 Å². The molecule has 1 aromatic rings. The number of hydrogen-bond acceptors (Lipinski definition) is 3. The van der Waals surface area contributed by atoms with Crippen LogP contribution in [0, 0.1) is 5.92 Å². The van der Waals surface area contributed by atoms with Crippen molar-refractivity contribution in [2.45, 2.75) is 6.92 Å². The predicted molar refractivity (Wildman–Crippen MR) is 70.0 cm³/mol. The van der Waals surface area contributed by atoms with Crippen LogP contribution in [0.5, 0.6) is 0 Å². The molecule has 0 fully saturated rings. The lowest BCUT2D eigenvalue weighted by molar-refractivity contribution is -0.140.